The molecule has 0 radical (unpaired) electrons. The van der Waals surface area contributed by atoms with Gasteiger partial charge in [0.2, 0.25) is 0 Å². The number of carbonyl (C=O) groups is 2. The Hall–Kier alpha value is -2.57. The molecule has 1 aromatic heterocycles. The van der Waals surface area contributed by atoms with Crippen LogP contribution in [0.25, 0.3) is 11.0 Å². The number of rotatable bonds is 7. The van der Waals surface area contributed by atoms with Crippen LogP contribution < -0.4 is 4.90 Å². The summed E-state index contributed by atoms with van der Waals surface area (Å²) in [7, 11) is 1.88. The van der Waals surface area contributed by atoms with Gasteiger partial charge in [-0.3, -0.25) is 9.59 Å². The fraction of sp³-hybridized carbons (Fsp3) is 0.400. The quantitative estimate of drug-likeness (QED) is 0.781. The van der Waals surface area contributed by atoms with Crippen molar-refractivity contribution in [1.82, 2.24) is 9.55 Å². The number of anilines is 1. The number of hydrogen-bond donors (Lipinski definition) is 1. The number of hydrogen-bond acceptors (Lipinski definition) is 5. The molecule has 0 atom stereocenters. The van der Waals surface area contributed by atoms with E-state index in [4.69, 9.17) is 9.84 Å². The van der Waals surface area contributed by atoms with Gasteiger partial charge in [-0.1, -0.05) is 0 Å². The lowest BCUT2D eigenvalue weighted by Crippen LogP contribution is -2.21. The Morgan fingerprint density at radius 2 is 2.18 bits per heavy atom. The molecule has 0 unspecified atom stereocenters. The monoisotopic (exact) mass is 305 g/mol. The topological polar surface area (TPSA) is 84.7 Å². The second-order valence-electron chi connectivity index (χ2n) is 4.92. The van der Waals surface area contributed by atoms with Crippen LogP contribution in [0.1, 0.15) is 13.3 Å². The van der Waals surface area contributed by atoms with Crippen molar-refractivity contribution in [2.75, 3.05) is 25.1 Å². The van der Waals surface area contributed by atoms with Crippen LogP contribution >= 0.6 is 0 Å². The third-order valence-electron chi connectivity index (χ3n) is 3.31. The van der Waals surface area contributed by atoms with Crippen LogP contribution in [0, 0.1) is 0 Å². The zero-order valence-corrected chi connectivity index (χ0v) is 12.7. The second kappa shape index (κ2) is 6.93. The molecule has 0 spiro atoms. The molecular weight excluding hydrogens is 286 g/mol. The highest BCUT2D eigenvalue weighted by molar-refractivity contribution is 5.81. The third kappa shape index (κ3) is 3.75. The first-order valence-electron chi connectivity index (χ1n) is 7.04. The van der Waals surface area contributed by atoms with Crippen molar-refractivity contribution in [3.05, 3.63) is 24.5 Å². The van der Waals surface area contributed by atoms with Gasteiger partial charge in [-0.2, -0.15) is 0 Å². The van der Waals surface area contributed by atoms with E-state index in [0.29, 0.717) is 19.6 Å². The van der Waals surface area contributed by atoms with Gasteiger partial charge >= 0.3 is 11.9 Å². The third-order valence-corrected chi connectivity index (χ3v) is 3.31. The van der Waals surface area contributed by atoms with Crippen molar-refractivity contribution in [2.24, 2.45) is 0 Å². The first kappa shape index (κ1) is 15.8. The van der Waals surface area contributed by atoms with Crippen LogP contribution in [-0.4, -0.2) is 46.8 Å². The number of nitrogens with zero attached hydrogens (tertiary/aromatic N) is 3. The average molecular weight is 305 g/mol. The Labute approximate surface area is 128 Å². The lowest BCUT2D eigenvalue weighted by atomic mass is 10.2. The number of aliphatic carboxylic acids is 1. The van der Waals surface area contributed by atoms with Gasteiger partial charge < -0.3 is 19.3 Å². The highest BCUT2D eigenvalue weighted by Crippen LogP contribution is 2.21. The summed E-state index contributed by atoms with van der Waals surface area (Å²) in [6.45, 7) is 2.59. The molecule has 1 N–H and O–H groups in total. The molecule has 2 rings (SSSR count). The summed E-state index contributed by atoms with van der Waals surface area (Å²) in [5.74, 6) is -1.13. The van der Waals surface area contributed by atoms with Gasteiger partial charge in [0, 0.05) is 19.3 Å². The van der Waals surface area contributed by atoms with Gasteiger partial charge in [-0.25, -0.2) is 4.98 Å². The van der Waals surface area contributed by atoms with Crippen LogP contribution in [0.15, 0.2) is 24.5 Å². The minimum Gasteiger partial charge on any atom is -0.480 e. The molecule has 22 heavy (non-hydrogen) atoms. The van der Waals surface area contributed by atoms with Crippen molar-refractivity contribution in [1.29, 1.82) is 0 Å². The number of carboxylic acids is 1. The van der Waals surface area contributed by atoms with E-state index in [0.717, 1.165) is 16.7 Å². The molecule has 0 bridgehead atoms. The minimum absolute atomic E-state index is 0.117. The molecule has 1 heterocycles. The summed E-state index contributed by atoms with van der Waals surface area (Å²) in [5, 5.41) is 8.85. The maximum Gasteiger partial charge on any atom is 0.323 e. The molecule has 1 aromatic carbocycles. The van der Waals surface area contributed by atoms with Crippen molar-refractivity contribution < 1.29 is 19.4 Å². The highest BCUT2D eigenvalue weighted by atomic mass is 16.5. The zero-order chi connectivity index (χ0) is 16.1. The highest BCUT2D eigenvalue weighted by Gasteiger charge is 2.10. The van der Waals surface area contributed by atoms with Gasteiger partial charge in [0.25, 0.3) is 0 Å². The van der Waals surface area contributed by atoms with Gasteiger partial charge in [0.15, 0.2) is 0 Å². The molecule has 0 fully saturated rings. The summed E-state index contributed by atoms with van der Waals surface area (Å²) in [5.41, 5.74) is 2.41. The smallest absolute Gasteiger partial charge is 0.323 e. The number of esters is 1. The average Bonchev–Trinajstić information content (AvgIpc) is 2.86. The van der Waals surface area contributed by atoms with Gasteiger partial charge in [0.05, 0.1) is 30.4 Å². The number of carboxylic acid groups (broad SMARTS) is 1. The largest absolute Gasteiger partial charge is 0.480 e. The van der Waals surface area contributed by atoms with E-state index in [-0.39, 0.29) is 12.5 Å². The molecule has 0 saturated carbocycles. The lowest BCUT2D eigenvalue weighted by Gasteiger charge is -2.18. The van der Waals surface area contributed by atoms with E-state index in [1.54, 1.807) is 11.5 Å². The number of carbonyl (C=O) groups excluding carboxylic acids is 1. The second-order valence-corrected chi connectivity index (χ2v) is 4.92. The Bertz CT molecular complexity index is 680. The molecule has 7 nitrogen and oxygen atoms in total. The summed E-state index contributed by atoms with van der Waals surface area (Å²) >= 11 is 0. The van der Waals surface area contributed by atoms with E-state index in [1.807, 2.05) is 30.1 Å². The molecule has 7 heteroatoms. The van der Waals surface area contributed by atoms with Crippen LogP contribution in [-0.2, 0) is 20.9 Å². The minimum atomic E-state index is -0.907. The lowest BCUT2D eigenvalue weighted by molar-refractivity contribution is -0.143. The van der Waals surface area contributed by atoms with Crippen molar-refractivity contribution >= 4 is 28.7 Å². The molecule has 118 valence electrons. The molecule has 0 amide bonds. The van der Waals surface area contributed by atoms with Crippen molar-refractivity contribution in [2.45, 2.75) is 19.9 Å². The molecule has 0 aliphatic carbocycles. The fourth-order valence-electron chi connectivity index (χ4n) is 2.18. The maximum absolute atomic E-state index is 11.4. The Morgan fingerprint density at radius 3 is 2.86 bits per heavy atom. The number of ether oxygens (including phenoxy) is 1. The number of imidazole rings is 1. The molecule has 0 aliphatic heterocycles. The van der Waals surface area contributed by atoms with Crippen LogP contribution in [0.5, 0.6) is 0 Å². The SMILES string of the molecule is CCOC(=O)CCN(C)c1ccc2c(c1)ncn2CC(=O)O. The number of fused-ring (bicyclic) bond motifs is 1. The standard InChI is InChI=1S/C15H19N3O4/c1-3-22-15(21)6-7-17(2)11-4-5-13-12(8-11)16-10-18(13)9-14(19)20/h4-5,8,10H,3,6-7,9H2,1-2H3,(H,19,20). The maximum atomic E-state index is 11.4. The fourth-order valence-corrected chi connectivity index (χ4v) is 2.18. The molecule has 0 saturated heterocycles. The zero-order valence-electron chi connectivity index (χ0n) is 12.7. The van der Waals surface area contributed by atoms with E-state index in [1.165, 1.54) is 6.33 Å². The summed E-state index contributed by atoms with van der Waals surface area (Å²) in [6, 6.07) is 5.59. The first-order chi connectivity index (χ1) is 10.5. The van der Waals surface area contributed by atoms with E-state index in [2.05, 4.69) is 4.98 Å². The van der Waals surface area contributed by atoms with Gasteiger partial charge in [-0.05, 0) is 25.1 Å². The molecule has 2 aromatic rings. The summed E-state index contributed by atoms with van der Waals surface area (Å²) < 4.78 is 6.49. The van der Waals surface area contributed by atoms with Crippen LogP contribution in [0.3, 0.4) is 0 Å². The normalized spacial score (nSPS) is 10.6. The predicted molar refractivity (Wildman–Crippen MR) is 81.9 cm³/mol. The Balaban J connectivity index is 2.09. The van der Waals surface area contributed by atoms with Crippen LogP contribution in [0.2, 0.25) is 0 Å². The van der Waals surface area contributed by atoms with Gasteiger partial charge in [0.1, 0.15) is 6.54 Å². The van der Waals surface area contributed by atoms with E-state index < -0.39 is 5.97 Å². The van der Waals surface area contributed by atoms with E-state index >= 15 is 0 Å². The summed E-state index contributed by atoms with van der Waals surface area (Å²) in [6.07, 6.45) is 1.83. The first-order valence-corrected chi connectivity index (χ1v) is 7.04. The molecule has 0 aliphatic rings. The summed E-state index contributed by atoms with van der Waals surface area (Å²) in [4.78, 5) is 28.3. The van der Waals surface area contributed by atoms with Crippen molar-refractivity contribution in [3.63, 3.8) is 0 Å². The predicted octanol–water partition coefficient (Wildman–Crippen LogP) is 1.51. The van der Waals surface area contributed by atoms with Gasteiger partial charge in [-0.15, -0.1) is 0 Å². The van der Waals surface area contributed by atoms with Crippen LogP contribution in [0.4, 0.5) is 5.69 Å². The number of aromatic nitrogens is 2. The van der Waals surface area contributed by atoms with E-state index in [9.17, 15) is 9.59 Å². The number of benzene rings is 1. The Morgan fingerprint density at radius 1 is 1.41 bits per heavy atom. The Kier molecular flexibility index (Phi) is 4.98. The van der Waals surface area contributed by atoms with Crippen molar-refractivity contribution in [3.8, 4) is 0 Å². The molecular formula is C15H19N3O4.